The summed E-state index contributed by atoms with van der Waals surface area (Å²) in [6.07, 6.45) is 0.139. The number of benzene rings is 2. The molecule has 0 saturated heterocycles. The van der Waals surface area contributed by atoms with Gasteiger partial charge in [-0.1, -0.05) is 30.3 Å². The number of methoxy groups -OCH3 is 2. The smallest absolute Gasteiger partial charge is 0.142 e. The SMILES string of the molecule is COc1ccc(OC)c(NCC[C@H](O)c2ccccc2)c1. The van der Waals surface area contributed by atoms with Crippen LogP contribution in [-0.4, -0.2) is 25.9 Å². The summed E-state index contributed by atoms with van der Waals surface area (Å²) in [5, 5.41) is 13.4. The van der Waals surface area contributed by atoms with Crippen molar-refractivity contribution in [1.29, 1.82) is 0 Å². The predicted molar refractivity (Wildman–Crippen MR) is 84.1 cm³/mol. The van der Waals surface area contributed by atoms with Gasteiger partial charge in [-0.15, -0.1) is 0 Å². The Labute approximate surface area is 125 Å². The molecule has 0 spiro atoms. The molecule has 2 rings (SSSR count). The molecule has 0 fully saturated rings. The third-order valence-corrected chi connectivity index (χ3v) is 3.32. The number of aliphatic hydroxyl groups excluding tert-OH is 1. The quantitative estimate of drug-likeness (QED) is 0.821. The van der Waals surface area contributed by atoms with Gasteiger partial charge in [0.2, 0.25) is 0 Å². The first-order valence-corrected chi connectivity index (χ1v) is 6.93. The molecular weight excluding hydrogens is 266 g/mol. The van der Waals surface area contributed by atoms with Crippen molar-refractivity contribution in [3.8, 4) is 11.5 Å². The zero-order chi connectivity index (χ0) is 15.1. The van der Waals surface area contributed by atoms with E-state index < -0.39 is 6.10 Å². The van der Waals surface area contributed by atoms with Crippen LogP contribution in [-0.2, 0) is 0 Å². The van der Waals surface area contributed by atoms with Gasteiger partial charge in [-0.05, 0) is 24.1 Å². The molecule has 112 valence electrons. The fourth-order valence-corrected chi connectivity index (χ4v) is 2.14. The Morgan fingerprint density at radius 1 is 1.05 bits per heavy atom. The lowest BCUT2D eigenvalue weighted by Gasteiger charge is -2.15. The molecule has 2 aromatic carbocycles. The second kappa shape index (κ2) is 7.55. The van der Waals surface area contributed by atoms with Crippen LogP contribution in [0.15, 0.2) is 48.5 Å². The Balaban J connectivity index is 1.94. The van der Waals surface area contributed by atoms with E-state index in [1.807, 2.05) is 48.5 Å². The molecule has 21 heavy (non-hydrogen) atoms. The lowest BCUT2D eigenvalue weighted by atomic mass is 10.1. The second-order valence-electron chi connectivity index (χ2n) is 4.71. The Hall–Kier alpha value is -2.20. The van der Waals surface area contributed by atoms with Gasteiger partial charge in [0, 0.05) is 12.6 Å². The Bertz CT molecular complexity index is 557. The molecule has 1 atom stereocenters. The summed E-state index contributed by atoms with van der Waals surface area (Å²) in [7, 11) is 3.26. The Morgan fingerprint density at radius 3 is 2.48 bits per heavy atom. The van der Waals surface area contributed by atoms with Crippen molar-refractivity contribution in [2.45, 2.75) is 12.5 Å². The largest absolute Gasteiger partial charge is 0.497 e. The van der Waals surface area contributed by atoms with Crippen molar-refractivity contribution in [3.05, 3.63) is 54.1 Å². The van der Waals surface area contributed by atoms with Crippen LogP contribution in [0.4, 0.5) is 5.69 Å². The third-order valence-electron chi connectivity index (χ3n) is 3.32. The summed E-state index contributed by atoms with van der Waals surface area (Å²) in [4.78, 5) is 0. The van der Waals surface area contributed by atoms with Crippen LogP contribution in [0.1, 0.15) is 18.1 Å². The van der Waals surface area contributed by atoms with E-state index in [4.69, 9.17) is 9.47 Å². The van der Waals surface area contributed by atoms with E-state index in [9.17, 15) is 5.11 Å². The van der Waals surface area contributed by atoms with Crippen molar-refractivity contribution in [3.63, 3.8) is 0 Å². The van der Waals surface area contributed by atoms with Crippen LogP contribution in [0.25, 0.3) is 0 Å². The number of hydrogen-bond donors (Lipinski definition) is 2. The molecule has 0 unspecified atom stereocenters. The third kappa shape index (κ3) is 4.13. The lowest BCUT2D eigenvalue weighted by molar-refractivity contribution is 0.171. The Morgan fingerprint density at radius 2 is 1.81 bits per heavy atom. The average Bonchev–Trinajstić information content (AvgIpc) is 2.55. The number of ether oxygens (including phenoxy) is 2. The van der Waals surface area contributed by atoms with Crippen molar-refractivity contribution in [1.82, 2.24) is 0 Å². The van der Waals surface area contributed by atoms with Crippen molar-refractivity contribution in [2.24, 2.45) is 0 Å². The van der Waals surface area contributed by atoms with Gasteiger partial charge in [0.1, 0.15) is 11.5 Å². The zero-order valence-electron chi connectivity index (χ0n) is 12.4. The average molecular weight is 287 g/mol. The van der Waals surface area contributed by atoms with Crippen LogP contribution in [0, 0.1) is 0 Å². The standard InChI is InChI=1S/C17H21NO3/c1-20-14-8-9-17(21-2)15(12-14)18-11-10-16(19)13-6-4-3-5-7-13/h3-9,12,16,18-19H,10-11H2,1-2H3/t16-/m0/s1. The minimum absolute atomic E-state index is 0.477. The monoisotopic (exact) mass is 287 g/mol. The maximum absolute atomic E-state index is 10.1. The summed E-state index contributed by atoms with van der Waals surface area (Å²) < 4.78 is 10.5. The summed E-state index contributed by atoms with van der Waals surface area (Å²) in [5.74, 6) is 1.52. The van der Waals surface area contributed by atoms with Crippen molar-refractivity contribution < 1.29 is 14.6 Å². The number of nitrogens with one attached hydrogen (secondary N) is 1. The van der Waals surface area contributed by atoms with E-state index in [1.165, 1.54) is 0 Å². The number of hydrogen-bond acceptors (Lipinski definition) is 4. The highest BCUT2D eigenvalue weighted by Gasteiger charge is 2.08. The summed E-state index contributed by atoms with van der Waals surface area (Å²) in [6, 6.07) is 15.2. The van der Waals surface area contributed by atoms with Crippen LogP contribution < -0.4 is 14.8 Å². The summed E-state index contributed by atoms with van der Waals surface area (Å²) in [5.41, 5.74) is 1.79. The molecule has 0 amide bonds. The lowest BCUT2D eigenvalue weighted by Crippen LogP contribution is -2.08. The second-order valence-corrected chi connectivity index (χ2v) is 4.71. The Kier molecular flexibility index (Phi) is 5.46. The molecule has 0 aliphatic heterocycles. The molecule has 0 radical (unpaired) electrons. The van der Waals surface area contributed by atoms with E-state index in [0.717, 1.165) is 22.7 Å². The van der Waals surface area contributed by atoms with Gasteiger partial charge >= 0.3 is 0 Å². The molecule has 2 aromatic rings. The molecule has 0 aliphatic carbocycles. The normalized spacial score (nSPS) is 11.8. The minimum Gasteiger partial charge on any atom is -0.497 e. The van der Waals surface area contributed by atoms with Gasteiger partial charge < -0.3 is 19.9 Å². The van der Waals surface area contributed by atoms with Crippen molar-refractivity contribution >= 4 is 5.69 Å². The summed E-state index contributed by atoms with van der Waals surface area (Å²) >= 11 is 0. The van der Waals surface area contributed by atoms with Gasteiger partial charge in [-0.3, -0.25) is 0 Å². The van der Waals surface area contributed by atoms with Crippen LogP contribution >= 0.6 is 0 Å². The predicted octanol–water partition coefficient (Wildman–Crippen LogP) is 3.24. The fourth-order valence-electron chi connectivity index (χ4n) is 2.14. The maximum atomic E-state index is 10.1. The first-order valence-electron chi connectivity index (χ1n) is 6.93. The van der Waals surface area contributed by atoms with Gasteiger partial charge in [-0.25, -0.2) is 0 Å². The van der Waals surface area contributed by atoms with Crippen LogP contribution in [0.2, 0.25) is 0 Å². The first-order chi connectivity index (χ1) is 10.2. The molecular formula is C17H21NO3. The number of anilines is 1. The minimum atomic E-state index is -0.477. The molecule has 0 aliphatic rings. The number of aliphatic hydroxyl groups is 1. The highest BCUT2D eigenvalue weighted by molar-refractivity contribution is 5.59. The molecule has 2 N–H and O–H groups in total. The van der Waals surface area contributed by atoms with Crippen LogP contribution in [0.3, 0.4) is 0 Å². The van der Waals surface area contributed by atoms with E-state index in [0.29, 0.717) is 13.0 Å². The van der Waals surface area contributed by atoms with Gasteiger partial charge in [-0.2, -0.15) is 0 Å². The molecule has 0 saturated carbocycles. The number of rotatable bonds is 7. The van der Waals surface area contributed by atoms with E-state index in [-0.39, 0.29) is 0 Å². The molecule has 0 bridgehead atoms. The van der Waals surface area contributed by atoms with E-state index >= 15 is 0 Å². The van der Waals surface area contributed by atoms with Gasteiger partial charge in [0.05, 0.1) is 26.0 Å². The fraction of sp³-hybridized carbons (Fsp3) is 0.294. The molecule has 4 heteroatoms. The highest BCUT2D eigenvalue weighted by Crippen LogP contribution is 2.29. The molecule has 0 heterocycles. The van der Waals surface area contributed by atoms with Gasteiger partial charge in [0.15, 0.2) is 0 Å². The zero-order valence-corrected chi connectivity index (χ0v) is 12.4. The topological polar surface area (TPSA) is 50.7 Å². The highest BCUT2D eigenvalue weighted by atomic mass is 16.5. The van der Waals surface area contributed by atoms with Crippen LogP contribution in [0.5, 0.6) is 11.5 Å². The maximum Gasteiger partial charge on any atom is 0.142 e. The summed E-state index contributed by atoms with van der Waals surface area (Å²) in [6.45, 7) is 0.638. The van der Waals surface area contributed by atoms with E-state index in [2.05, 4.69) is 5.32 Å². The van der Waals surface area contributed by atoms with Crippen molar-refractivity contribution in [2.75, 3.05) is 26.1 Å². The van der Waals surface area contributed by atoms with Gasteiger partial charge in [0.25, 0.3) is 0 Å². The first kappa shape index (κ1) is 15.2. The molecule has 0 aromatic heterocycles. The molecule has 4 nitrogen and oxygen atoms in total. The van der Waals surface area contributed by atoms with E-state index in [1.54, 1.807) is 14.2 Å².